The van der Waals surface area contributed by atoms with Crippen molar-refractivity contribution in [2.75, 3.05) is 39.3 Å². The van der Waals surface area contributed by atoms with Crippen LogP contribution >= 0.6 is 0 Å². The Morgan fingerprint density at radius 2 is 1.68 bits per heavy atom. The van der Waals surface area contributed by atoms with Gasteiger partial charge in [0.05, 0.1) is 12.2 Å². The zero-order chi connectivity index (χ0) is 17.8. The fraction of sp³-hybridized carbons (Fsp3) is 0.350. The summed E-state index contributed by atoms with van der Waals surface area (Å²) in [6.45, 7) is 5.25. The van der Waals surface area contributed by atoms with Crippen molar-refractivity contribution >= 4 is 5.91 Å². The van der Waals surface area contributed by atoms with Gasteiger partial charge in [0.15, 0.2) is 0 Å². The highest BCUT2D eigenvalue weighted by molar-refractivity contribution is 5.95. The molecule has 0 aromatic heterocycles. The molecule has 25 heavy (non-hydrogen) atoms. The van der Waals surface area contributed by atoms with Crippen LogP contribution in [0.1, 0.15) is 15.9 Å². The molecule has 1 aliphatic heterocycles. The van der Waals surface area contributed by atoms with E-state index in [1.54, 1.807) is 17.0 Å². The van der Waals surface area contributed by atoms with E-state index in [9.17, 15) is 9.18 Å². The van der Waals surface area contributed by atoms with Gasteiger partial charge in [0.1, 0.15) is 5.82 Å². The summed E-state index contributed by atoms with van der Waals surface area (Å²) in [5, 5.41) is 8.97. The van der Waals surface area contributed by atoms with Crippen molar-refractivity contribution in [3.63, 3.8) is 0 Å². The molecule has 0 bridgehead atoms. The molecule has 2 aromatic rings. The van der Waals surface area contributed by atoms with Crippen LogP contribution < -0.4 is 0 Å². The van der Waals surface area contributed by atoms with Crippen molar-refractivity contribution < 1.29 is 14.3 Å². The molecular weight excluding hydrogens is 319 g/mol. The van der Waals surface area contributed by atoms with Gasteiger partial charge in [-0.05, 0) is 30.2 Å². The van der Waals surface area contributed by atoms with Gasteiger partial charge in [-0.15, -0.1) is 0 Å². The zero-order valence-electron chi connectivity index (χ0n) is 14.4. The molecule has 1 fully saturated rings. The average Bonchev–Trinajstić information content (AvgIpc) is 2.63. The molecule has 0 spiro atoms. The number of aliphatic hydroxyl groups excluding tert-OH is 1. The first kappa shape index (κ1) is 17.6. The van der Waals surface area contributed by atoms with Gasteiger partial charge in [0, 0.05) is 32.7 Å². The number of benzene rings is 2. The van der Waals surface area contributed by atoms with Crippen LogP contribution in [-0.4, -0.2) is 60.1 Å². The number of hydrogen-bond acceptors (Lipinski definition) is 3. The van der Waals surface area contributed by atoms with Crippen molar-refractivity contribution in [1.29, 1.82) is 0 Å². The first-order valence-electron chi connectivity index (χ1n) is 8.57. The van der Waals surface area contributed by atoms with E-state index in [2.05, 4.69) is 4.90 Å². The summed E-state index contributed by atoms with van der Waals surface area (Å²) in [5.41, 5.74) is 2.96. The van der Waals surface area contributed by atoms with Gasteiger partial charge in [-0.3, -0.25) is 9.69 Å². The van der Waals surface area contributed by atoms with E-state index in [0.29, 0.717) is 32.7 Å². The van der Waals surface area contributed by atoms with Gasteiger partial charge in [0.25, 0.3) is 5.91 Å². The second-order valence-electron chi connectivity index (χ2n) is 6.42. The molecule has 0 atom stereocenters. The Hall–Kier alpha value is -2.24. The molecule has 2 aromatic carbocycles. The molecule has 0 saturated carbocycles. The quantitative estimate of drug-likeness (QED) is 0.929. The van der Waals surface area contributed by atoms with Crippen LogP contribution in [0, 0.1) is 12.7 Å². The van der Waals surface area contributed by atoms with Crippen molar-refractivity contribution in [3.8, 4) is 11.1 Å². The zero-order valence-corrected chi connectivity index (χ0v) is 14.4. The summed E-state index contributed by atoms with van der Waals surface area (Å²) >= 11 is 0. The normalized spacial score (nSPS) is 15.4. The van der Waals surface area contributed by atoms with Gasteiger partial charge >= 0.3 is 0 Å². The summed E-state index contributed by atoms with van der Waals surface area (Å²) in [5.74, 6) is -0.752. The van der Waals surface area contributed by atoms with Crippen LogP contribution in [0.4, 0.5) is 4.39 Å². The maximum Gasteiger partial charge on any atom is 0.256 e. The second kappa shape index (κ2) is 7.76. The van der Waals surface area contributed by atoms with Gasteiger partial charge in [-0.2, -0.15) is 0 Å². The van der Waals surface area contributed by atoms with Crippen LogP contribution in [0.15, 0.2) is 42.5 Å². The number of amides is 1. The lowest BCUT2D eigenvalue weighted by Crippen LogP contribution is -2.49. The smallest absolute Gasteiger partial charge is 0.256 e. The van der Waals surface area contributed by atoms with Gasteiger partial charge in [-0.25, -0.2) is 4.39 Å². The Morgan fingerprint density at radius 3 is 2.28 bits per heavy atom. The first-order valence-corrected chi connectivity index (χ1v) is 8.57. The lowest BCUT2D eigenvalue weighted by molar-refractivity contribution is 0.0610. The summed E-state index contributed by atoms with van der Waals surface area (Å²) in [6, 6.07) is 12.7. The fourth-order valence-corrected chi connectivity index (χ4v) is 3.10. The van der Waals surface area contributed by atoms with Crippen LogP contribution in [0.2, 0.25) is 0 Å². The number of rotatable bonds is 4. The third kappa shape index (κ3) is 4.06. The van der Waals surface area contributed by atoms with E-state index in [1.807, 2.05) is 31.2 Å². The largest absolute Gasteiger partial charge is 0.395 e. The molecule has 0 radical (unpaired) electrons. The Balaban J connectivity index is 1.72. The molecule has 1 N–H and O–H groups in total. The van der Waals surface area contributed by atoms with E-state index in [-0.39, 0.29) is 18.1 Å². The molecule has 3 rings (SSSR count). The third-order valence-corrected chi connectivity index (χ3v) is 4.66. The number of piperazine rings is 1. The van der Waals surface area contributed by atoms with Gasteiger partial charge in [0.2, 0.25) is 0 Å². The molecular formula is C20H23FN2O2. The third-order valence-electron chi connectivity index (χ3n) is 4.66. The van der Waals surface area contributed by atoms with Crippen molar-refractivity contribution in [1.82, 2.24) is 9.80 Å². The average molecular weight is 342 g/mol. The van der Waals surface area contributed by atoms with E-state index < -0.39 is 5.82 Å². The molecule has 1 heterocycles. The summed E-state index contributed by atoms with van der Waals surface area (Å²) in [7, 11) is 0. The number of aliphatic hydroxyl groups is 1. The Labute approximate surface area is 147 Å². The maximum atomic E-state index is 14.5. The van der Waals surface area contributed by atoms with Crippen LogP contribution in [-0.2, 0) is 0 Å². The highest BCUT2D eigenvalue weighted by Gasteiger charge is 2.24. The van der Waals surface area contributed by atoms with Crippen LogP contribution in [0.3, 0.4) is 0 Å². The van der Waals surface area contributed by atoms with Crippen LogP contribution in [0.5, 0.6) is 0 Å². The number of aryl methyl sites for hydroxylation is 1. The van der Waals surface area contributed by atoms with Crippen LogP contribution in [0.25, 0.3) is 11.1 Å². The number of β-amino-alcohol motifs (C(OH)–C–C–N with tert-alkyl or cyclic N) is 1. The standard InChI is InChI=1S/C20H23FN2O2/c1-15-2-4-16(5-3-15)17-6-7-18(19(21)14-17)20(25)23-10-8-22(9-11-23)12-13-24/h2-7,14,24H,8-13H2,1H3. The highest BCUT2D eigenvalue weighted by Crippen LogP contribution is 2.23. The summed E-state index contributed by atoms with van der Waals surface area (Å²) in [6.07, 6.45) is 0. The van der Waals surface area contributed by atoms with E-state index in [1.165, 1.54) is 6.07 Å². The fourth-order valence-electron chi connectivity index (χ4n) is 3.10. The molecule has 0 aliphatic carbocycles. The van der Waals surface area contributed by atoms with Gasteiger partial charge in [-0.1, -0.05) is 35.9 Å². The van der Waals surface area contributed by atoms with Gasteiger partial charge < -0.3 is 10.0 Å². The van der Waals surface area contributed by atoms with Crippen molar-refractivity contribution in [2.45, 2.75) is 6.92 Å². The molecule has 0 unspecified atom stereocenters. The molecule has 1 amide bonds. The lowest BCUT2D eigenvalue weighted by atomic mass is 10.0. The first-order chi connectivity index (χ1) is 12.1. The number of carbonyl (C=O) groups excluding carboxylic acids is 1. The van der Waals surface area contributed by atoms with Crippen molar-refractivity contribution in [2.24, 2.45) is 0 Å². The molecule has 4 nitrogen and oxygen atoms in total. The Morgan fingerprint density at radius 1 is 1.04 bits per heavy atom. The topological polar surface area (TPSA) is 43.8 Å². The highest BCUT2D eigenvalue weighted by atomic mass is 19.1. The minimum atomic E-state index is -0.485. The summed E-state index contributed by atoms with van der Waals surface area (Å²) < 4.78 is 14.5. The Bertz CT molecular complexity index is 738. The SMILES string of the molecule is Cc1ccc(-c2ccc(C(=O)N3CCN(CCO)CC3)c(F)c2)cc1. The number of hydrogen-bond donors (Lipinski definition) is 1. The minimum Gasteiger partial charge on any atom is -0.395 e. The van der Waals surface area contributed by atoms with E-state index in [0.717, 1.165) is 16.7 Å². The maximum absolute atomic E-state index is 14.5. The predicted molar refractivity (Wildman–Crippen MR) is 96.0 cm³/mol. The van der Waals surface area contributed by atoms with E-state index in [4.69, 9.17) is 5.11 Å². The number of nitrogens with zero attached hydrogens (tertiary/aromatic N) is 2. The molecule has 5 heteroatoms. The number of carbonyl (C=O) groups is 1. The Kier molecular flexibility index (Phi) is 5.46. The second-order valence-corrected chi connectivity index (χ2v) is 6.42. The van der Waals surface area contributed by atoms with E-state index >= 15 is 0 Å². The molecule has 132 valence electrons. The van der Waals surface area contributed by atoms with Crippen molar-refractivity contribution in [3.05, 3.63) is 59.4 Å². The lowest BCUT2D eigenvalue weighted by Gasteiger charge is -2.34. The molecule has 1 saturated heterocycles. The predicted octanol–water partition coefficient (Wildman–Crippen LogP) is 2.55. The summed E-state index contributed by atoms with van der Waals surface area (Å²) in [4.78, 5) is 16.4. The monoisotopic (exact) mass is 342 g/mol. The number of halogens is 1. The molecule has 1 aliphatic rings. The minimum absolute atomic E-state index is 0.114.